The van der Waals surface area contributed by atoms with Crippen LogP contribution in [0.2, 0.25) is 0 Å². The van der Waals surface area contributed by atoms with Gasteiger partial charge in [-0.3, -0.25) is 0 Å². The maximum absolute atomic E-state index is 11.5. The topological polar surface area (TPSA) is 46.3 Å². The van der Waals surface area contributed by atoms with Crippen LogP contribution in [0, 0.1) is 0 Å². The molecule has 0 bridgehead atoms. The molecule has 0 saturated carbocycles. The van der Waals surface area contributed by atoms with Crippen molar-refractivity contribution in [1.29, 1.82) is 0 Å². The molecule has 0 aromatic heterocycles. The molecule has 84 valence electrons. The lowest BCUT2D eigenvalue weighted by molar-refractivity contribution is 0.0539. The van der Waals surface area contributed by atoms with Crippen molar-refractivity contribution in [2.75, 3.05) is 0 Å². The number of carbonyl (C=O) groups is 1. The van der Waals surface area contributed by atoms with Crippen LogP contribution in [0.5, 0.6) is 0 Å². The molecule has 0 rings (SSSR count). The summed E-state index contributed by atoms with van der Waals surface area (Å²) in [5.41, 5.74) is 5.10. The predicted molar refractivity (Wildman–Crippen MR) is 60.2 cm³/mol. The number of urea groups is 1. The van der Waals surface area contributed by atoms with Crippen molar-refractivity contribution >= 4 is 6.03 Å². The smallest absolute Gasteiger partial charge is 0.315 e. The van der Waals surface area contributed by atoms with Gasteiger partial charge in [-0.2, -0.15) is 0 Å². The number of nitrogens with zero attached hydrogens (tertiary/aromatic N) is 1. The van der Waals surface area contributed by atoms with E-state index in [0.717, 1.165) is 12.8 Å². The van der Waals surface area contributed by atoms with Gasteiger partial charge in [0.2, 0.25) is 0 Å². The Balaban J connectivity index is 5.06. The fourth-order valence-electron chi connectivity index (χ4n) is 1.73. The largest absolute Gasteiger partial charge is 0.351 e. The summed E-state index contributed by atoms with van der Waals surface area (Å²) in [5, 5.41) is 0. The van der Waals surface area contributed by atoms with E-state index in [1.807, 2.05) is 0 Å². The Morgan fingerprint density at radius 2 is 1.36 bits per heavy atom. The molecular weight excluding hydrogens is 176 g/mol. The summed E-state index contributed by atoms with van der Waals surface area (Å²) in [6, 6.07) is -0.330. The molecule has 0 aliphatic rings. The summed E-state index contributed by atoms with van der Waals surface area (Å²) in [5.74, 6) is 0. The van der Waals surface area contributed by atoms with Gasteiger partial charge in [0.05, 0.1) is 0 Å². The van der Waals surface area contributed by atoms with E-state index >= 15 is 0 Å². The molecule has 14 heavy (non-hydrogen) atoms. The maximum atomic E-state index is 11.5. The second kappa shape index (κ2) is 4.20. The zero-order valence-corrected chi connectivity index (χ0v) is 10.3. The van der Waals surface area contributed by atoms with Gasteiger partial charge in [-0.25, -0.2) is 4.79 Å². The molecule has 0 fully saturated rings. The van der Waals surface area contributed by atoms with Crippen molar-refractivity contribution in [1.82, 2.24) is 4.90 Å². The van der Waals surface area contributed by atoms with Crippen molar-refractivity contribution in [3.05, 3.63) is 0 Å². The van der Waals surface area contributed by atoms with Crippen LogP contribution in [-0.4, -0.2) is 22.0 Å². The summed E-state index contributed by atoms with van der Waals surface area (Å²) in [7, 11) is 0. The molecule has 0 aliphatic heterocycles. The summed E-state index contributed by atoms with van der Waals surface area (Å²) in [4.78, 5) is 13.3. The summed E-state index contributed by atoms with van der Waals surface area (Å²) < 4.78 is 0. The van der Waals surface area contributed by atoms with Gasteiger partial charge in [-0.05, 0) is 40.5 Å². The quantitative estimate of drug-likeness (QED) is 0.745. The molecule has 2 amide bonds. The maximum Gasteiger partial charge on any atom is 0.315 e. The van der Waals surface area contributed by atoms with Gasteiger partial charge in [-0.15, -0.1) is 0 Å². The average Bonchev–Trinajstić information content (AvgIpc) is 2.02. The van der Waals surface area contributed by atoms with Crippen LogP contribution < -0.4 is 5.73 Å². The zero-order chi connectivity index (χ0) is 11.6. The molecular formula is C11H24N2O. The van der Waals surface area contributed by atoms with E-state index in [0.29, 0.717) is 0 Å². The zero-order valence-electron chi connectivity index (χ0n) is 10.3. The van der Waals surface area contributed by atoms with E-state index in [-0.39, 0.29) is 17.1 Å². The molecule has 0 atom stereocenters. The Hall–Kier alpha value is -0.730. The van der Waals surface area contributed by atoms with E-state index in [1.54, 1.807) is 4.90 Å². The number of hydrogen-bond acceptors (Lipinski definition) is 1. The molecule has 0 heterocycles. The number of rotatable bonds is 4. The van der Waals surface area contributed by atoms with E-state index < -0.39 is 0 Å². The average molecular weight is 200 g/mol. The third-order valence-corrected chi connectivity index (χ3v) is 3.16. The molecule has 2 N–H and O–H groups in total. The van der Waals surface area contributed by atoms with Gasteiger partial charge in [0.15, 0.2) is 0 Å². The Morgan fingerprint density at radius 1 is 1.07 bits per heavy atom. The van der Waals surface area contributed by atoms with Crippen molar-refractivity contribution < 1.29 is 4.79 Å². The third kappa shape index (κ3) is 2.63. The molecule has 3 nitrogen and oxygen atoms in total. The Labute approximate surface area is 87.6 Å². The van der Waals surface area contributed by atoms with Crippen LogP contribution in [0.25, 0.3) is 0 Å². The van der Waals surface area contributed by atoms with Crippen molar-refractivity contribution in [2.24, 2.45) is 5.73 Å². The number of primary amides is 1. The second-order valence-electron chi connectivity index (χ2n) is 5.01. The molecule has 0 saturated heterocycles. The molecule has 0 aromatic rings. The highest BCUT2D eigenvalue weighted by molar-refractivity contribution is 5.73. The minimum absolute atomic E-state index is 0.175. The van der Waals surface area contributed by atoms with Crippen molar-refractivity contribution in [3.63, 3.8) is 0 Å². The standard InChI is InChI=1S/C11H24N2O/c1-7-10(3,4)13(9(12)14)11(5,6)8-2/h7-8H2,1-6H3,(H2,12,14). The molecule has 0 unspecified atom stereocenters. The van der Waals surface area contributed by atoms with Crippen LogP contribution in [0.15, 0.2) is 0 Å². The van der Waals surface area contributed by atoms with Crippen LogP contribution >= 0.6 is 0 Å². The SMILES string of the molecule is CCC(C)(C)N(C(N)=O)C(C)(C)CC. The highest BCUT2D eigenvalue weighted by Crippen LogP contribution is 2.29. The molecule has 0 aromatic carbocycles. The van der Waals surface area contributed by atoms with Gasteiger partial charge in [-0.1, -0.05) is 13.8 Å². The fourth-order valence-corrected chi connectivity index (χ4v) is 1.73. The first-order valence-corrected chi connectivity index (χ1v) is 5.28. The van der Waals surface area contributed by atoms with Crippen LogP contribution in [0.3, 0.4) is 0 Å². The lowest BCUT2D eigenvalue weighted by atomic mass is 9.90. The number of amides is 2. The highest BCUT2D eigenvalue weighted by Gasteiger charge is 2.37. The number of hydrogen-bond donors (Lipinski definition) is 1. The van der Waals surface area contributed by atoms with E-state index in [9.17, 15) is 4.79 Å². The Morgan fingerprint density at radius 3 is 1.50 bits per heavy atom. The molecule has 0 aliphatic carbocycles. The number of carbonyl (C=O) groups excluding carboxylic acids is 1. The minimum Gasteiger partial charge on any atom is -0.351 e. The lowest BCUT2D eigenvalue weighted by Crippen LogP contribution is -2.59. The van der Waals surface area contributed by atoms with E-state index in [2.05, 4.69) is 41.5 Å². The Bertz CT molecular complexity index is 193. The first kappa shape index (κ1) is 13.3. The predicted octanol–water partition coefficient (Wildman–Crippen LogP) is 2.74. The van der Waals surface area contributed by atoms with E-state index in [1.165, 1.54) is 0 Å². The minimum atomic E-state index is -0.330. The summed E-state index contributed by atoms with van der Waals surface area (Å²) >= 11 is 0. The van der Waals surface area contributed by atoms with Crippen molar-refractivity contribution in [3.8, 4) is 0 Å². The summed E-state index contributed by atoms with van der Waals surface area (Å²) in [6.07, 6.45) is 1.80. The fraction of sp³-hybridized carbons (Fsp3) is 0.909. The van der Waals surface area contributed by atoms with Gasteiger partial charge in [0, 0.05) is 11.1 Å². The highest BCUT2D eigenvalue weighted by atomic mass is 16.2. The van der Waals surface area contributed by atoms with Gasteiger partial charge in [0.25, 0.3) is 0 Å². The van der Waals surface area contributed by atoms with Gasteiger partial charge in [0.1, 0.15) is 0 Å². The van der Waals surface area contributed by atoms with Crippen LogP contribution in [0.1, 0.15) is 54.4 Å². The van der Waals surface area contributed by atoms with Gasteiger partial charge < -0.3 is 10.6 Å². The summed E-state index contributed by atoms with van der Waals surface area (Å²) in [6.45, 7) is 12.3. The number of nitrogens with two attached hydrogens (primary N) is 1. The monoisotopic (exact) mass is 200 g/mol. The normalized spacial score (nSPS) is 12.7. The Kier molecular flexibility index (Phi) is 3.98. The van der Waals surface area contributed by atoms with Crippen LogP contribution in [-0.2, 0) is 0 Å². The second-order valence-corrected chi connectivity index (χ2v) is 5.01. The first-order valence-electron chi connectivity index (χ1n) is 5.28. The molecule has 3 heteroatoms. The van der Waals surface area contributed by atoms with E-state index in [4.69, 9.17) is 5.73 Å². The van der Waals surface area contributed by atoms with Gasteiger partial charge >= 0.3 is 6.03 Å². The molecule has 0 radical (unpaired) electrons. The lowest BCUT2D eigenvalue weighted by Gasteiger charge is -2.47. The molecule has 0 spiro atoms. The van der Waals surface area contributed by atoms with Crippen LogP contribution in [0.4, 0.5) is 4.79 Å². The van der Waals surface area contributed by atoms with Crippen molar-refractivity contribution in [2.45, 2.75) is 65.5 Å². The third-order valence-electron chi connectivity index (χ3n) is 3.16. The first-order chi connectivity index (χ1) is 6.19.